The molecular weight excluding hydrogens is 578 g/mol. The quantitative estimate of drug-likeness (QED) is 0.0459. The van der Waals surface area contributed by atoms with Crippen molar-refractivity contribution in [3.05, 3.63) is 36.5 Å². The van der Waals surface area contributed by atoms with E-state index in [9.17, 15) is 15.0 Å². The minimum absolute atomic E-state index is 0.0790. The molecule has 1 amide bonds. The van der Waals surface area contributed by atoms with Crippen molar-refractivity contribution in [2.24, 2.45) is 0 Å². The molecule has 0 bridgehead atoms. The highest BCUT2D eigenvalue weighted by atomic mass is 16.3. The molecule has 0 rings (SSSR count). The molecule has 3 N–H and O–H groups in total. The summed E-state index contributed by atoms with van der Waals surface area (Å²) in [7, 11) is 0. The normalized spacial score (nSPS) is 13.4. The van der Waals surface area contributed by atoms with Crippen LogP contribution in [-0.4, -0.2) is 34.9 Å². The van der Waals surface area contributed by atoms with E-state index in [0.717, 1.165) is 44.9 Å². The highest BCUT2D eigenvalue weighted by Crippen LogP contribution is 2.15. The lowest BCUT2D eigenvalue weighted by Crippen LogP contribution is -2.45. The van der Waals surface area contributed by atoms with Crippen LogP contribution in [0.15, 0.2) is 36.5 Å². The fourth-order valence-corrected chi connectivity index (χ4v) is 6.16. The van der Waals surface area contributed by atoms with Crippen molar-refractivity contribution in [1.82, 2.24) is 5.32 Å². The smallest absolute Gasteiger partial charge is 0.220 e. The summed E-state index contributed by atoms with van der Waals surface area (Å²) in [6, 6.07) is -0.628. The van der Waals surface area contributed by atoms with Crippen LogP contribution in [0.1, 0.15) is 213 Å². The Balaban J connectivity index is 3.56. The number of allylic oxidation sites excluding steroid dienone is 5. The van der Waals surface area contributed by atoms with E-state index in [1.807, 2.05) is 6.08 Å². The lowest BCUT2D eigenvalue weighted by molar-refractivity contribution is -0.123. The molecule has 0 saturated carbocycles. The second-order valence-corrected chi connectivity index (χ2v) is 14.1. The molecule has 0 fully saturated rings. The van der Waals surface area contributed by atoms with Gasteiger partial charge in [0, 0.05) is 6.42 Å². The van der Waals surface area contributed by atoms with Gasteiger partial charge in [0.1, 0.15) is 0 Å². The molecule has 0 heterocycles. The molecule has 4 nitrogen and oxygen atoms in total. The average molecular weight is 660 g/mol. The standard InChI is InChI=1S/C43H81NO3/c1-3-5-7-9-11-13-15-17-18-19-20-21-22-23-24-25-27-28-30-32-34-36-38-42(46)41(40-45)44-43(47)39-37-35-33-31-29-26-16-14-12-10-8-6-4-2/h8,10,14,16,36,38,41-42,45-46H,3-7,9,11-13,15,17-35,37,39-40H2,1-2H3,(H,44,47)/b10-8-,16-14-,38-36+. The van der Waals surface area contributed by atoms with Crippen LogP contribution in [0, 0.1) is 0 Å². The van der Waals surface area contributed by atoms with Crippen LogP contribution in [0.3, 0.4) is 0 Å². The van der Waals surface area contributed by atoms with E-state index >= 15 is 0 Å². The predicted molar refractivity (Wildman–Crippen MR) is 207 cm³/mol. The van der Waals surface area contributed by atoms with Gasteiger partial charge >= 0.3 is 0 Å². The Hall–Kier alpha value is -1.39. The van der Waals surface area contributed by atoms with E-state index < -0.39 is 12.1 Å². The first-order valence-corrected chi connectivity index (χ1v) is 20.7. The van der Waals surface area contributed by atoms with Crippen LogP contribution >= 0.6 is 0 Å². The molecule has 4 heteroatoms. The first kappa shape index (κ1) is 45.6. The average Bonchev–Trinajstić information content (AvgIpc) is 3.07. The fraction of sp³-hybridized carbons (Fsp3) is 0.837. The van der Waals surface area contributed by atoms with Crippen molar-refractivity contribution in [2.45, 2.75) is 225 Å². The lowest BCUT2D eigenvalue weighted by atomic mass is 10.0. The molecule has 0 aliphatic carbocycles. The van der Waals surface area contributed by atoms with E-state index in [4.69, 9.17) is 0 Å². The van der Waals surface area contributed by atoms with Gasteiger partial charge in [-0.25, -0.2) is 0 Å². The lowest BCUT2D eigenvalue weighted by Gasteiger charge is -2.20. The molecule has 0 aromatic rings. The number of unbranched alkanes of at least 4 members (excludes halogenated alkanes) is 26. The molecule has 276 valence electrons. The maximum Gasteiger partial charge on any atom is 0.220 e. The van der Waals surface area contributed by atoms with E-state index in [0.29, 0.717) is 6.42 Å². The summed E-state index contributed by atoms with van der Waals surface area (Å²) in [4.78, 5) is 12.3. The molecule has 0 aliphatic heterocycles. The summed E-state index contributed by atoms with van der Waals surface area (Å²) < 4.78 is 0. The number of nitrogens with one attached hydrogen (secondary N) is 1. The van der Waals surface area contributed by atoms with Gasteiger partial charge < -0.3 is 15.5 Å². The van der Waals surface area contributed by atoms with E-state index in [1.54, 1.807) is 6.08 Å². The van der Waals surface area contributed by atoms with Crippen molar-refractivity contribution in [2.75, 3.05) is 6.61 Å². The monoisotopic (exact) mass is 660 g/mol. The first-order chi connectivity index (χ1) is 23.2. The minimum Gasteiger partial charge on any atom is -0.394 e. The van der Waals surface area contributed by atoms with Gasteiger partial charge in [-0.05, 0) is 44.9 Å². The number of hydrogen-bond acceptors (Lipinski definition) is 3. The fourth-order valence-electron chi connectivity index (χ4n) is 6.16. The number of amides is 1. The van der Waals surface area contributed by atoms with Gasteiger partial charge in [0.25, 0.3) is 0 Å². The van der Waals surface area contributed by atoms with Gasteiger partial charge in [0.05, 0.1) is 18.8 Å². The summed E-state index contributed by atoms with van der Waals surface area (Å²) in [5.74, 6) is -0.0790. The van der Waals surface area contributed by atoms with Gasteiger partial charge in [-0.2, -0.15) is 0 Å². The molecule has 2 atom stereocenters. The largest absolute Gasteiger partial charge is 0.394 e. The Bertz CT molecular complexity index is 716. The molecular formula is C43H81NO3. The number of carbonyl (C=O) groups excluding carboxylic acids is 1. The Morgan fingerprint density at radius 2 is 0.915 bits per heavy atom. The Morgan fingerprint density at radius 1 is 0.511 bits per heavy atom. The van der Waals surface area contributed by atoms with Crippen LogP contribution in [0.25, 0.3) is 0 Å². The Kier molecular flexibility index (Phi) is 37.9. The number of carbonyl (C=O) groups is 1. The maximum atomic E-state index is 12.3. The van der Waals surface area contributed by atoms with E-state index in [1.165, 1.54) is 148 Å². The molecule has 47 heavy (non-hydrogen) atoms. The van der Waals surface area contributed by atoms with Crippen LogP contribution in [-0.2, 0) is 4.79 Å². The van der Waals surface area contributed by atoms with E-state index in [-0.39, 0.29) is 12.5 Å². The third kappa shape index (κ3) is 35.7. The molecule has 0 saturated heterocycles. The SMILES string of the molecule is CCC/C=C\C/C=C\CCCCCCCC(=O)NC(CO)C(O)/C=C/CCCCCCCCCCCCCCCCCCCCCC. The van der Waals surface area contributed by atoms with Crippen LogP contribution in [0.5, 0.6) is 0 Å². The minimum atomic E-state index is -0.843. The van der Waals surface area contributed by atoms with Crippen molar-refractivity contribution in [3.63, 3.8) is 0 Å². The molecule has 2 unspecified atom stereocenters. The Morgan fingerprint density at radius 3 is 1.36 bits per heavy atom. The predicted octanol–water partition coefficient (Wildman–Crippen LogP) is 12.6. The Labute approximate surface area is 293 Å². The third-order valence-electron chi connectivity index (χ3n) is 9.35. The zero-order valence-electron chi connectivity index (χ0n) is 31.5. The van der Waals surface area contributed by atoms with Crippen molar-refractivity contribution in [1.29, 1.82) is 0 Å². The number of aliphatic hydroxyl groups excluding tert-OH is 2. The zero-order chi connectivity index (χ0) is 34.3. The summed E-state index contributed by atoms with van der Waals surface area (Å²) in [5.41, 5.74) is 0. The van der Waals surface area contributed by atoms with Gasteiger partial charge in [0.15, 0.2) is 0 Å². The summed E-state index contributed by atoms with van der Waals surface area (Å²) in [6.45, 7) is 4.24. The van der Waals surface area contributed by atoms with E-state index in [2.05, 4.69) is 43.5 Å². The topological polar surface area (TPSA) is 69.6 Å². The highest BCUT2D eigenvalue weighted by Gasteiger charge is 2.17. The zero-order valence-corrected chi connectivity index (χ0v) is 31.5. The summed E-state index contributed by atoms with van der Waals surface area (Å²) in [5, 5.41) is 22.9. The molecule has 0 aromatic heterocycles. The number of rotatable bonds is 37. The van der Waals surface area contributed by atoms with Crippen molar-refractivity contribution < 1.29 is 15.0 Å². The number of hydrogen-bond donors (Lipinski definition) is 3. The van der Waals surface area contributed by atoms with Crippen LogP contribution in [0.2, 0.25) is 0 Å². The van der Waals surface area contributed by atoms with Gasteiger partial charge in [-0.1, -0.05) is 198 Å². The first-order valence-electron chi connectivity index (χ1n) is 20.7. The van der Waals surface area contributed by atoms with Gasteiger partial charge in [0.2, 0.25) is 5.91 Å². The highest BCUT2D eigenvalue weighted by molar-refractivity contribution is 5.76. The second kappa shape index (κ2) is 39.1. The third-order valence-corrected chi connectivity index (χ3v) is 9.35. The summed E-state index contributed by atoms with van der Waals surface area (Å²) in [6.07, 6.45) is 51.0. The second-order valence-electron chi connectivity index (χ2n) is 14.1. The summed E-state index contributed by atoms with van der Waals surface area (Å²) >= 11 is 0. The van der Waals surface area contributed by atoms with Gasteiger partial charge in [-0.3, -0.25) is 4.79 Å². The van der Waals surface area contributed by atoms with Gasteiger partial charge in [-0.15, -0.1) is 0 Å². The number of aliphatic hydroxyl groups is 2. The molecule has 0 aliphatic rings. The molecule has 0 radical (unpaired) electrons. The van der Waals surface area contributed by atoms with Crippen molar-refractivity contribution in [3.8, 4) is 0 Å². The van der Waals surface area contributed by atoms with Crippen molar-refractivity contribution >= 4 is 5.91 Å². The molecule has 0 aromatic carbocycles. The van der Waals surface area contributed by atoms with Crippen LogP contribution in [0.4, 0.5) is 0 Å². The maximum absolute atomic E-state index is 12.3. The van der Waals surface area contributed by atoms with Crippen LogP contribution < -0.4 is 5.32 Å². The molecule has 0 spiro atoms.